The lowest BCUT2D eigenvalue weighted by atomic mass is 10.2. The predicted octanol–water partition coefficient (Wildman–Crippen LogP) is 2.05. The van der Waals surface area contributed by atoms with Crippen LogP contribution in [-0.4, -0.2) is 18.3 Å². The minimum atomic E-state index is 0.599. The molecule has 0 N–H and O–H groups in total. The number of pyridine rings is 1. The Kier molecular flexibility index (Phi) is 3.56. The number of nitrogens with zero attached hydrogens (tertiary/aromatic N) is 2. The highest BCUT2D eigenvalue weighted by atomic mass is 16.6. The second-order valence-corrected chi connectivity index (χ2v) is 3.15. The maximum Gasteiger partial charge on any atom is 0.149 e. The van der Waals surface area contributed by atoms with Gasteiger partial charge in [-0.2, -0.15) is 0 Å². The molecule has 0 radical (unpaired) electrons. The lowest BCUT2D eigenvalue weighted by Gasteiger charge is -1.84. The minimum Gasteiger partial charge on any atom is -0.462 e. The number of oxime groups is 1. The van der Waals surface area contributed by atoms with E-state index in [0.717, 1.165) is 11.1 Å². The van der Waals surface area contributed by atoms with Crippen LogP contribution in [0.15, 0.2) is 46.4 Å². The molecule has 84 valence electrons. The predicted molar refractivity (Wildman–Crippen MR) is 63.5 cm³/mol. The van der Waals surface area contributed by atoms with Crippen molar-refractivity contribution >= 4 is 6.21 Å². The molecule has 0 aliphatic carbocycles. The third-order valence-corrected chi connectivity index (χ3v) is 1.92. The first kappa shape index (κ1) is 11.0. The first-order valence-electron chi connectivity index (χ1n) is 4.95. The van der Waals surface area contributed by atoms with Crippen LogP contribution in [-0.2, 0) is 4.84 Å². The van der Waals surface area contributed by atoms with E-state index in [1.807, 2.05) is 12.1 Å². The smallest absolute Gasteiger partial charge is 0.149 e. The lowest BCUT2D eigenvalue weighted by Crippen LogP contribution is -1.76. The Morgan fingerprint density at radius 1 is 1.41 bits per heavy atom. The van der Waals surface area contributed by atoms with Crippen LogP contribution in [0.25, 0.3) is 0 Å². The molecule has 0 amide bonds. The van der Waals surface area contributed by atoms with Gasteiger partial charge in [0.15, 0.2) is 0 Å². The van der Waals surface area contributed by atoms with Gasteiger partial charge in [0.2, 0.25) is 0 Å². The van der Waals surface area contributed by atoms with Crippen LogP contribution in [0.3, 0.4) is 0 Å². The molecule has 4 heteroatoms. The maximum absolute atomic E-state index is 5.21. The van der Waals surface area contributed by atoms with Crippen molar-refractivity contribution < 1.29 is 9.25 Å². The molecule has 2 heterocycles. The molecule has 2 aromatic rings. The lowest BCUT2D eigenvalue weighted by molar-refractivity contribution is 0.215. The van der Waals surface area contributed by atoms with Gasteiger partial charge in [0.1, 0.15) is 25.3 Å². The summed E-state index contributed by atoms with van der Waals surface area (Å²) in [6.07, 6.45) is 6.47. The molecule has 17 heavy (non-hydrogen) atoms. The molecule has 2 aromatic heterocycles. The van der Waals surface area contributed by atoms with Gasteiger partial charge in [-0.1, -0.05) is 17.0 Å². The Morgan fingerprint density at radius 3 is 3.06 bits per heavy atom. The summed E-state index contributed by atoms with van der Waals surface area (Å²) in [5.74, 6) is 6.55. The highest BCUT2D eigenvalue weighted by Crippen LogP contribution is 2.04. The molecule has 0 saturated carbocycles. The number of hydrogen-bond acceptors (Lipinski definition) is 4. The van der Waals surface area contributed by atoms with Crippen LogP contribution in [0.2, 0.25) is 0 Å². The van der Waals surface area contributed by atoms with Crippen molar-refractivity contribution in [2.75, 3.05) is 7.11 Å². The van der Waals surface area contributed by atoms with Crippen molar-refractivity contribution in [3.8, 4) is 11.8 Å². The van der Waals surface area contributed by atoms with Crippen molar-refractivity contribution in [1.82, 2.24) is 4.98 Å². The van der Waals surface area contributed by atoms with Gasteiger partial charge in [-0.3, -0.25) is 4.98 Å². The van der Waals surface area contributed by atoms with Crippen molar-refractivity contribution in [3.05, 3.63) is 53.7 Å². The zero-order valence-corrected chi connectivity index (χ0v) is 9.25. The normalized spacial score (nSPS) is 9.94. The summed E-state index contributed by atoms with van der Waals surface area (Å²) >= 11 is 0. The Labute approximate surface area is 98.9 Å². The van der Waals surface area contributed by atoms with Gasteiger partial charge in [-0.05, 0) is 12.1 Å². The third kappa shape index (κ3) is 3.21. The summed E-state index contributed by atoms with van der Waals surface area (Å²) in [6, 6.07) is 5.52. The number of furan rings is 1. The van der Waals surface area contributed by atoms with E-state index in [1.54, 1.807) is 24.7 Å². The fraction of sp³-hybridized carbons (Fsp3) is 0.0769. The van der Waals surface area contributed by atoms with Gasteiger partial charge in [0.05, 0.1) is 5.56 Å². The van der Waals surface area contributed by atoms with E-state index in [-0.39, 0.29) is 0 Å². The van der Waals surface area contributed by atoms with Crippen molar-refractivity contribution in [2.45, 2.75) is 0 Å². The molecule has 0 aliphatic heterocycles. The maximum atomic E-state index is 5.21. The third-order valence-electron chi connectivity index (χ3n) is 1.92. The summed E-state index contributed by atoms with van der Waals surface area (Å²) in [7, 11) is 1.47. The molecular weight excluding hydrogens is 216 g/mol. The zero-order valence-electron chi connectivity index (χ0n) is 9.25. The van der Waals surface area contributed by atoms with Crippen LogP contribution in [0.1, 0.15) is 16.9 Å². The van der Waals surface area contributed by atoms with Gasteiger partial charge in [0.25, 0.3) is 0 Å². The van der Waals surface area contributed by atoms with E-state index in [4.69, 9.17) is 4.42 Å². The quantitative estimate of drug-likeness (QED) is 0.447. The molecular formula is C13H10N2O2. The average molecular weight is 226 g/mol. The second kappa shape index (κ2) is 5.52. The molecule has 0 saturated heterocycles. The van der Waals surface area contributed by atoms with E-state index in [2.05, 4.69) is 26.8 Å². The first-order chi connectivity index (χ1) is 8.38. The summed E-state index contributed by atoms with van der Waals surface area (Å²) in [6.45, 7) is 0. The molecule has 2 rings (SSSR count). The average Bonchev–Trinajstić information content (AvgIpc) is 2.83. The van der Waals surface area contributed by atoms with Crippen molar-refractivity contribution in [3.63, 3.8) is 0 Å². The SMILES string of the molecule is CON=Cc1cc(C#Cc2cccnc2)co1. The van der Waals surface area contributed by atoms with Crippen LogP contribution in [0, 0.1) is 11.8 Å². The summed E-state index contributed by atoms with van der Waals surface area (Å²) in [5, 5.41) is 3.60. The fourth-order valence-electron chi connectivity index (χ4n) is 1.17. The Bertz CT molecular complexity index is 562. The van der Waals surface area contributed by atoms with E-state index in [1.165, 1.54) is 13.3 Å². The Morgan fingerprint density at radius 2 is 2.29 bits per heavy atom. The first-order valence-corrected chi connectivity index (χ1v) is 4.95. The molecule has 0 unspecified atom stereocenters. The molecule has 0 spiro atoms. The standard InChI is InChI=1S/C13H10N2O2/c1-16-15-9-13-7-12(10-17-13)5-4-11-3-2-6-14-8-11/h2-3,6-10H,1H3. The van der Waals surface area contributed by atoms with E-state index in [0.29, 0.717) is 5.76 Å². The fourth-order valence-corrected chi connectivity index (χ4v) is 1.17. The largest absolute Gasteiger partial charge is 0.462 e. The summed E-state index contributed by atoms with van der Waals surface area (Å²) in [4.78, 5) is 8.53. The van der Waals surface area contributed by atoms with Gasteiger partial charge in [0, 0.05) is 24.0 Å². The summed E-state index contributed by atoms with van der Waals surface area (Å²) in [5.41, 5.74) is 1.65. The van der Waals surface area contributed by atoms with Gasteiger partial charge in [-0.15, -0.1) is 0 Å². The topological polar surface area (TPSA) is 47.6 Å². The van der Waals surface area contributed by atoms with Crippen molar-refractivity contribution in [1.29, 1.82) is 0 Å². The van der Waals surface area contributed by atoms with Crippen LogP contribution in [0.4, 0.5) is 0 Å². The van der Waals surface area contributed by atoms with E-state index < -0.39 is 0 Å². The molecule has 0 aromatic carbocycles. The highest BCUT2D eigenvalue weighted by molar-refractivity contribution is 5.76. The van der Waals surface area contributed by atoms with Crippen LogP contribution >= 0.6 is 0 Å². The highest BCUT2D eigenvalue weighted by Gasteiger charge is 1.95. The monoisotopic (exact) mass is 226 g/mol. The number of hydrogen-bond donors (Lipinski definition) is 0. The molecule has 0 aliphatic rings. The molecule has 0 atom stereocenters. The molecule has 0 fully saturated rings. The molecule has 0 bridgehead atoms. The zero-order chi connectivity index (χ0) is 11.9. The second-order valence-electron chi connectivity index (χ2n) is 3.15. The van der Waals surface area contributed by atoms with Gasteiger partial charge in [-0.25, -0.2) is 0 Å². The van der Waals surface area contributed by atoms with Crippen molar-refractivity contribution in [2.24, 2.45) is 5.16 Å². The van der Waals surface area contributed by atoms with Gasteiger partial charge < -0.3 is 9.25 Å². The van der Waals surface area contributed by atoms with Crippen LogP contribution in [0.5, 0.6) is 0 Å². The van der Waals surface area contributed by atoms with Gasteiger partial charge >= 0.3 is 0 Å². The van der Waals surface area contributed by atoms with E-state index >= 15 is 0 Å². The van der Waals surface area contributed by atoms with Crippen LogP contribution < -0.4 is 0 Å². The van der Waals surface area contributed by atoms with E-state index in [9.17, 15) is 0 Å². The number of aromatic nitrogens is 1. The summed E-state index contributed by atoms with van der Waals surface area (Å²) < 4.78 is 5.21. The Hall–Kier alpha value is -2.54. The Balaban J connectivity index is 2.12. The number of rotatable bonds is 2. The molecule has 4 nitrogen and oxygen atoms in total. The minimum absolute atomic E-state index is 0.599.